The summed E-state index contributed by atoms with van der Waals surface area (Å²) >= 11 is 0. The number of fused-ring (bicyclic) bond motifs is 1. The SMILES string of the molecule is Cn1ccnc1CN1CCOC2C(CNc3cccnc3)CCC21. The number of hydrogen-bond acceptors (Lipinski definition) is 5. The summed E-state index contributed by atoms with van der Waals surface area (Å²) in [5.41, 5.74) is 1.08. The summed E-state index contributed by atoms with van der Waals surface area (Å²) in [7, 11) is 2.07. The van der Waals surface area contributed by atoms with Crippen molar-refractivity contribution >= 4 is 5.69 Å². The Kier molecular flexibility index (Phi) is 4.49. The van der Waals surface area contributed by atoms with Gasteiger partial charge in [-0.3, -0.25) is 9.88 Å². The minimum Gasteiger partial charge on any atom is -0.383 e. The minimum atomic E-state index is 0.322. The van der Waals surface area contributed by atoms with Crippen LogP contribution in [0.2, 0.25) is 0 Å². The van der Waals surface area contributed by atoms with Crippen molar-refractivity contribution in [2.45, 2.75) is 31.5 Å². The maximum atomic E-state index is 6.16. The van der Waals surface area contributed by atoms with Crippen LogP contribution in [0, 0.1) is 5.92 Å². The van der Waals surface area contributed by atoms with Gasteiger partial charge in [0, 0.05) is 56.9 Å². The highest BCUT2D eigenvalue weighted by atomic mass is 16.5. The van der Waals surface area contributed by atoms with E-state index in [4.69, 9.17) is 4.74 Å². The van der Waals surface area contributed by atoms with Gasteiger partial charge in [-0.15, -0.1) is 0 Å². The van der Waals surface area contributed by atoms with Crippen LogP contribution in [0.25, 0.3) is 0 Å². The molecule has 1 saturated carbocycles. The van der Waals surface area contributed by atoms with Gasteiger partial charge in [0.05, 0.1) is 24.9 Å². The number of nitrogens with zero attached hydrogens (tertiary/aromatic N) is 4. The number of morpholine rings is 1. The van der Waals surface area contributed by atoms with Gasteiger partial charge < -0.3 is 14.6 Å². The Morgan fingerprint density at radius 1 is 1.33 bits per heavy atom. The van der Waals surface area contributed by atoms with Crippen molar-refractivity contribution in [1.29, 1.82) is 0 Å². The van der Waals surface area contributed by atoms with E-state index in [2.05, 4.69) is 37.9 Å². The van der Waals surface area contributed by atoms with Crippen molar-refractivity contribution in [2.75, 3.05) is 25.0 Å². The van der Waals surface area contributed by atoms with Crippen molar-refractivity contribution in [3.63, 3.8) is 0 Å². The normalized spacial score (nSPS) is 27.1. The second-order valence-electron chi connectivity index (χ2n) is 6.79. The van der Waals surface area contributed by atoms with Gasteiger partial charge in [0.2, 0.25) is 0 Å². The number of imidazole rings is 1. The van der Waals surface area contributed by atoms with Crippen molar-refractivity contribution in [1.82, 2.24) is 19.4 Å². The zero-order valence-electron chi connectivity index (χ0n) is 14.1. The summed E-state index contributed by atoms with van der Waals surface area (Å²) in [5, 5.41) is 3.51. The van der Waals surface area contributed by atoms with Gasteiger partial charge in [0.15, 0.2) is 0 Å². The molecule has 0 bridgehead atoms. The van der Waals surface area contributed by atoms with E-state index in [0.29, 0.717) is 18.1 Å². The fraction of sp³-hybridized carbons (Fsp3) is 0.556. The lowest BCUT2D eigenvalue weighted by atomic mass is 10.0. The number of anilines is 1. The Bertz CT molecular complexity index is 658. The average Bonchev–Trinajstić information content (AvgIpc) is 3.21. The van der Waals surface area contributed by atoms with Crippen LogP contribution >= 0.6 is 0 Å². The van der Waals surface area contributed by atoms with E-state index >= 15 is 0 Å². The van der Waals surface area contributed by atoms with Crippen LogP contribution in [-0.2, 0) is 18.3 Å². The second-order valence-corrected chi connectivity index (χ2v) is 6.79. The number of rotatable bonds is 5. The number of nitrogens with one attached hydrogen (secondary N) is 1. The van der Waals surface area contributed by atoms with Gasteiger partial charge in [0.1, 0.15) is 5.82 Å². The second kappa shape index (κ2) is 6.91. The highest BCUT2D eigenvalue weighted by Crippen LogP contribution is 2.35. The third kappa shape index (κ3) is 3.16. The molecule has 2 aromatic heterocycles. The zero-order valence-corrected chi connectivity index (χ0v) is 14.1. The lowest BCUT2D eigenvalue weighted by Crippen LogP contribution is -2.50. The highest BCUT2D eigenvalue weighted by Gasteiger charge is 2.42. The topological polar surface area (TPSA) is 55.2 Å². The Labute approximate surface area is 142 Å². The molecule has 1 N–H and O–H groups in total. The van der Waals surface area contributed by atoms with Crippen molar-refractivity contribution in [3.8, 4) is 0 Å². The molecule has 4 rings (SSSR count). The maximum Gasteiger partial charge on any atom is 0.122 e. The lowest BCUT2D eigenvalue weighted by Gasteiger charge is -2.39. The fourth-order valence-corrected chi connectivity index (χ4v) is 4.00. The Morgan fingerprint density at radius 2 is 2.29 bits per heavy atom. The first-order chi connectivity index (χ1) is 11.8. The largest absolute Gasteiger partial charge is 0.383 e. The van der Waals surface area contributed by atoms with E-state index in [0.717, 1.165) is 37.8 Å². The standard InChI is InChI=1S/C18H25N5O/c1-22-8-7-20-17(22)13-23-9-10-24-18-14(4-5-16(18)23)11-21-15-3-2-6-19-12-15/h2-3,6-8,12,14,16,18,21H,4-5,9-11,13H2,1H3. The summed E-state index contributed by atoms with van der Waals surface area (Å²) in [6.45, 7) is 3.67. The molecule has 2 fully saturated rings. The highest BCUT2D eigenvalue weighted by molar-refractivity contribution is 5.39. The monoisotopic (exact) mass is 327 g/mol. The summed E-state index contributed by atoms with van der Waals surface area (Å²) in [4.78, 5) is 11.2. The van der Waals surface area contributed by atoms with E-state index in [1.165, 1.54) is 12.8 Å². The van der Waals surface area contributed by atoms with E-state index in [1.54, 1.807) is 6.20 Å². The number of pyridine rings is 1. The van der Waals surface area contributed by atoms with Crippen LogP contribution in [0.3, 0.4) is 0 Å². The molecule has 0 radical (unpaired) electrons. The Balaban J connectivity index is 1.38. The van der Waals surface area contributed by atoms with Crippen molar-refractivity contribution in [2.24, 2.45) is 13.0 Å². The molecule has 0 spiro atoms. The van der Waals surface area contributed by atoms with Crippen LogP contribution in [0.5, 0.6) is 0 Å². The first kappa shape index (κ1) is 15.6. The average molecular weight is 327 g/mol. The van der Waals surface area contributed by atoms with Crippen molar-refractivity contribution in [3.05, 3.63) is 42.7 Å². The quantitative estimate of drug-likeness (QED) is 0.909. The molecule has 3 atom stereocenters. The van der Waals surface area contributed by atoms with E-state index in [1.807, 2.05) is 24.7 Å². The molecule has 2 aliphatic rings. The fourth-order valence-electron chi connectivity index (χ4n) is 4.00. The molecular weight excluding hydrogens is 302 g/mol. The smallest absolute Gasteiger partial charge is 0.122 e. The molecule has 3 heterocycles. The van der Waals surface area contributed by atoms with Crippen molar-refractivity contribution < 1.29 is 4.74 Å². The Morgan fingerprint density at radius 3 is 3.08 bits per heavy atom. The molecule has 6 heteroatoms. The number of aromatic nitrogens is 3. The van der Waals surface area contributed by atoms with E-state index in [-0.39, 0.29) is 0 Å². The molecule has 3 unspecified atom stereocenters. The van der Waals surface area contributed by atoms with Gasteiger partial charge in [-0.2, -0.15) is 0 Å². The minimum absolute atomic E-state index is 0.322. The van der Waals surface area contributed by atoms with Crippen LogP contribution in [-0.4, -0.2) is 51.3 Å². The summed E-state index contributed by atoms with van der Waals surface area (Å²) < 4.78 is 8.27. The molecule has 6 nitrogen and oxygen atoms in total. The Hall–Kier alpha value is -1.92. The van der Waals surface area contributed by atoms with Gasteiger partial charge >= 0.3 is 0 Å². The molecule has 1 aliphatic heterocycles. The molecular formula is C18H25N5O. The van der Waals surface area contributed by atoms with Crippen LogP contribution < -0.4 is 5.32 Å². The van der Waals surface area contributed by atoms with E-state index in [9.17, 15) is 0 Å². The predicted molar refractivity (Wildman–Crippen MR) is 92.6 cm³/mol. The third-order valence-corrected chi connectivity index (χ3v) is 5.33. The molecule has 2 aromatic rings. The van der Waals surface area contributed by atoms with Gasteiger partial charge in [-0.25, -0.2) is 4.98 Å². The number of hydrogen-bond donors (Lipinski definition) is 1. The van der Waals surface area contributed by atoms with Gasteiger partial charge in [0.25, 0.3) is 0 Å². The van der Waals surface area contributed by atoms with Gasteiger partial charge in [-0.1, -0.05) is 0 Å². The van der Waals surface area contributed by atoms with Gasteiger partial charge in [-0.05, 0) is 25.0 Å². The van der Waals surface area contributed by atoms with Crippen LogP contribution in [0.4, 0.5) is 5.69 Å². The summed E-state index contributed by atoms with van der Waals surface area (Å²) in [5.74, 6) is 1.69. The zero-order chi connectivity index (χ0) is 16.4. The number of aryl methyl sites for hydroxylation is 1. The third-order valence-electron chi connectivity index (χ3n) is 5.33. The molecule has 128 valence electrons. The lowest BCUT2D eigenvalue weighted by molar-refractivity contribution is -0.0753. The van der Waals surface area contributed by atoms with Crippen LogP contribution in [0.1, 0.15) is 18.7 Å². The summed E-state index contributed by atoms with van der Waals surface area (Å²) in [6.07, 6.45) is 10.3. The molecule has 1 saturated heterocycles. The summed E-state index contributed by atoms with van der Waals surface area (Å²) in [6, 6.07) is 4.54. The number of ether oxygens (including phenoxy) is 1. The van der Waals surface area contributed by atoms with Crippen LogP contribution in [0.15, 0.2) is 36.9 Å². The maximum absolute atomic E-state index is 6.16. The molecule has 0 amide bonds. The van der Waals surface area contributed by atoms with E-state index < -0.39 is 0 Å². The molecule has 1 aliphatic carbocycles. The predicted octanol–water partition coefficient (Wildman–Crippen LogP) is 1.91. The first-order valence-electron chi connectivity index (χ1n) is 8.77. The molecule has 24 heavy (non-hydrogen) atoms. The first-order valence-corrected chi connectivity index (χ1v) is 8.77. The molecule has 0 aromatic carbocycles.